The molecule has 1 rings (SSSR count). The van der Waals surface area contributed by atoms with Crippen LogP contribution in [0.25, 0.3) is 0 Å². The summed E-state index contributed by atoms with van der Waals surface area (Å²) in [5.74, 6) is 0.889. The highest BCUT2D eigenvalue weighted by atomic mass is 16.5. The Hall–Kier alpha value is -0.880. The van der Waals surface area contributed by atoms with Gasteiger partial charge >= 0.3 is 0 Å². The zero-order chi connectivity index (χ0) is 13.8. The van der Waals surface area contributed by atoms with Crippen molar-refractivity contribution in [3.63, 3.8) is 0 Å². The molecule has 0 aromatic carbocycles. The molecule has 0 unspecified atom stereocenters. The van der Waals surface area contributed by atoms with Crippen molar-refractivity contribution in [2.75, 3.05) is 40.1 Å². The van der Waals surface area contributed by atoms with Crippen LogP contribution in [-0.2, 0) is 27.4 Å². The minimum absolute atomic E-state index is 0.495. The summed E-state index contributed by atoms with van der Waals surface area (Å²) in [6, 6.07) is 1.97. The molecule has 0 saturated heterocycles. The van der Waals surface area contributed by atoms with E-state index in [0.717, 1.165) is 37.4 Å². The zero-order valence-electron chi connectivity index (χ0n) is 11.9. The quantitative estimate of drug-likeness (QED) is 0.589. The highest BCUT2D eigenvalue weighted by molar-refractivity contribution is 5.15. The highest BCUT2D eigenvalue weighted by Crippen LogP contribution is 2.11. The summed E-state index contributed by atoms with van der Waals surface area (Å²) in [5.41, 5.74) is 1.16. The minimum atomic E-state index is 0.495. The molecule has 5 nitrogen and oxygen atoms in total. The van der Waals surface area contributed by atoms with E-state index in [-0.39, 0.29) is 0 Å². The van der Waals surface area contributed by atoms with Gasteiger partial charge in [0.05, 0.1) is 19.5 Å². The average molecular weight is 271 g/mol. The van der Waals surface area contributed by atoms with Crippen LogP contribution >= 0.6 is 0 Å². The molecule has 19 heavy (non-hydrogen) atoms. The van der Waals surface area contributed by atoms with Gasteiger partial charge in [0.25, 0.3) is 0 Å². The molecule has 0 amide bonds. The van der Waals surface area contributed by atoms with Gasteiger partial charge in [-0.05, 0) is 19.0 Å². The van der Waals surface area contributed by atoms with E-state index in [4.69, 9.17) is 18.6 Å². The smallest absolute Gasteiger partial charge is 0.133 e. The Kier molecular flexibility index (Phi) is 9.36. The molecule has 1 heterocycles. The fourth-order valence-corrected chi connectivity index (χ4v) is 1.60. The number of ether oxygens (including phenoxy) is 3. The Bertz CT molecular complexity index is 314. The molecular weight excluding hydrogens is 246 g/mol. The first-order valence-electron chi connectivity index (χ1n) is 6.78. The molecule has 1 aromatic rings. The van der Waals surface area contributed by atoms with Gasteiger partial charge in [-0.1, -0.05) is 6.92 Å². The van der Waals surface area contributed by atoms with Crippen LogP contribution in [0.1, 0.15) is 24.7 Å². The van der Waals surface area contributed by atoms with Gasteiger partial charge in [-0.15, -0.1) is 0 Å². The molecule has 0 fully saturated rings. The number of hydrogen-bond donors (Lipinski definition) is 1. The topological polar surface area (TPSA) is 52.9 Å². The Morgan fingerprint density at radius 1 is 1.16 bits per heavy atom. The number of hydrogen-bond acceptors (Lipinski definition) is 5. The fraction of sp³-hybridized carbons (Fsp3) is 0.714. The number of furan rings is 1. The van der Waals surface area contributed by atoms with Crippen molar-refractivity contribution in [3.8, 4) is 0 Å². The van der Waals surface area contributed by atoms with Gasteiger partial charge in [-0.2, -0.15) is 0 Å². The van der Waals surface area contributed by atoms with E-state index in [1.54, 1.807) is 13.4 Å². The lowest BCUT2D eigenvalue weighted by molar-refractivity contribution is 0.0284. The summed E-state index contributed by atoms with van der Waals surface area (Å²) in [5, 5.41) is 3.27. The van der Waals surface area contributed by atoms with Crippen molar-refractivity contribution in [1.82, 2.24) is 5.32 Å². The molecule has 0 saturated carbocycles. The summed E-state index contributed by atoms with van der Waals surface area (Å²) in [4.78, 5) is 0. The normalized spacial score (nSPS) is 11.1. The van der Waals surface area contributed by atoms with Gasteiger partial charge in [0.2, 0.25) is 0 Å². The molecule has 0 bridgehead atoms. The van der Waals surface area contributed by atoms with Crippen molar-refractivity contribution >= 4 is 0 Å². The third kappa shape index (κ3) is 7.32. The third-order valence-corrected chi connectivity index (χ3v) is 2.65. The Balaban J connectivity index is 2.04. The van der Waals surface area contributed by atoms with E-state index in [1.807, 2.05) is 6.07 Å². The second-order valence-electron chi connectivity index (χ2n) is 4.16. The maximum atomic E-state index is 5.53. The second kappa shape index (κ2) is 11.0. The van der Waals surface area contributed by atoms with Crippen LogP contribution in [-0.4, -0.2) is 40.1 Å². The van der Waals surface area contributed by atoms with Crippen molar-refractivity contribution in [2.24, 2.45) is 0 Å². The maximum Gasteiger partial charge on any atom is 0.133 e. The van der Waals surface area contributed by atoms with Crippen LogP contribution in [0.3, 0.4) is 0 Å². The van der Waals surface area contributed by atoms with Gasteiger partial charge in [0.1, 0.15) is 12.4 Å². The van der Waals surface area contributed by atoms with Gasteiger partial charge < -0.3 is 23.9 Å². The van der Waals surface area contributed by atoms with E-state index in [2.05, 4.69) is 12.2 Å². The molecule has 110 valence electrons. The minimum Gasteiger partial charge on any atom is -0.467 e. The molecule has 1 aromatic heterocycles. The first-order chi connectivity index (χ1) is 9.38. The van der Waals surface area contributed by atoms with Crippen LogP contribution in [0.4, 0.5) is 0 Å². The first-order valence-corrected chi connectivity index (χ1v) is 6.78. The van der Waals surface area contributed by atoms with Gasteiger partial charge in [0.15, 0.2) is 0 Å². The van der Waals surface area contributed by atoms with E-state index in [9.17, 15) is 0 Å². The van der Waals surface area contributed by atoms with Crippen LogP contribution < -0.4 is 5.32 Å². The number of methoxy groups -OCH3 is 1. The van der Waals surface area contributed by atoms with Crippen LogP contribution in [0.15, 0.2) is 16.7 Å². The van der Waals surface area contributed by atoms with E-state index in [0.29, 0.717) is 26.4 Å². The molecule has 0 radical (unpaired) electrons. The molecule has 0 aliphatic rings. The third-order valence-electron chi connectivity index (χ3n) is 2.65. The number of rotatable bonds is 12. The van der Waals surface area contributed by atoms with Crippen LogP contribution in [0.5, 0.6) is 0 Å². The standard InChI is InChI=1S/C14H25NO4/c1-3-15-11-13-5-8-19-14(13)12-18-10-9-17-7-4-6-16-2/h5,8,15H,3-4,6-7,9-12H2,1-2H3. The van der Waals surface area contributed by atoms with E-state index >= 15 is 0 Å². The molecule has 0 aliphatic carbocycles. The predicted octanol–water partition coefficient (Wildman–Crippen LogP) is 1.96. The summed E-state index contributed by atoms with van der Waals surface area (Å²) < 4.78 is 21.3. The molecule has 5 heteroatoms. The summed E-state index contributed by atoms with van der Waals surface area (Å²) in [6.45, 7) is 6.97. The van der Waals surface area contributed by atoms with E-state index < -0.39 is 0 Å². The Labute approximate surface area is 115 Å². The van der Waals surface area contributed by atoms with Gasteiger partial charge in [-0.3, -0.25) is 0 Å². The monoisotopic (exact) mass is 271 g/mol. The average Bonchev–Trinajstić information content (AvgIpc) is 2.87. The zero-order valence-corrected chi connectivity index (χ0v) is 11.9. The lowest BCUT2D eigenvalue weighted by atomic mass is 10.2. The Morgan fingerprint density at radius 3 is 2.79 bits per heavy atom. The second-order valence-corrected chi connectivity index (χ2v) is 4.16. The molecule has 0 spiro atoms. The molecule has 0 atom stereocenters. The lowest BCUT2D eigenvalue weighted by Gasteiger charge is -2.06. The van der Waals surface area contributed by atoms with Crippen molar-refractivity contribution in [1.29, 1.82) is 0 Å². The van der Waals surface area contributed by atoms with Gasteiger partial charge in [0, 0.05) is 32.4 Å². The largest absolute Gasteiger partial charge is 0.467 e. The van der Waals surface area contributed by atoms with Crippen LogP contribution in [0, 0.1) is 0 Å². The Morgan fingerprint density at radius 2 is 2.00 bits per heavy atom. The molecular formula is C14H25NO4. The van der Waals surface area contributed by atoms with Crippen molar-refractivity contribution < 1.29 is 18.6 Å². The SMILES string of the molecule is CCNCc1ccoc1COCCOCCCOC. The molecule has 1 N–H and O–H groups in total. The predicted molar refractivity (Wildman–Crippen MR) is 73.1 cm³/mol. The van der Waals surface area contributed by atoms with Crippen molar-refractivity contribution in [2.45, 2.75) is 26.5 Å². The first kappa shape index (κ1) is 16.2. The van der Waals surface area contributed by atoms with Crippen LogP contribution in [0.2, 0.25) is 0 Å². The summed E-state index contributed by atoms with van der Waals surface area (Å²) in [6.07, 6.45) is 2.62. The van der Waals surface area contributed by atoms with E-state index in [1.165, 1.54) is 0 Å². The highest BCUT2D eigenvalue weighted by Gasteiger charge is 2.05. The lowest BCUT2D eigenvalue weighted by Crippen LogP contribution is -2.13. The summed E-state index contributed by atoms with van der Waals surface area (Å²) in [7, 11) is 1.69. The summed E-state index contributed by atoms with van der Waals surface area (Å²) >= 11 is 0. The maximum absolute atomic E-state index is 5.53. The molecule has 0 aliphatic heterocycles. The number of nitrogens with one attached hydrogen (secondary N) is 1. The van der Waals surface area contributed by atoms with Crippen molar-refractivity contribution in [3.05, 3.63) is 23.7 Å². The fourth-order valence-electron chi connectivity index (χ4n) is 1.60. The van der Waals surface area contributed by atoms with Gasteiger partial charge in [-0.25, -0.2) is 0 Å².